The Labute approximate surface area is 133 Å². The Morgan fingerprint density at radius 1 is 1.52 bits per heavy atom. The van der Waals surface area contributed by atoms with Crippen molar-refractivity contribution in [3.05, 3.63) is 45.0 Å². The molecule has 0 fully saturated rings. The van der Waals surface area contributed by atoms with Crippen LogP contribution in [0.25, 0.3) is 0 Å². The van der Waals surface area contributed by atoms with E-state index in [0.29, 0.717) is 20.9 Å². The molecule has 1 aromatic carbocycles. The maximum atomic E-state index is 12.3. The summed E-state index contributed by atoms with van der Waals surface area (Å²) in [5, 5.41) is 18.5. The fourth-order valence-electron chi connectivity index (χ4n) is 1.68. The molecule has 0 atom stereocenters. The molecular weight excluding hydrogens is 362 g/mol. The van der Waals surface area contributed by atoms with Gasteiger partial charge in [-0.25, -0.2) is 0 Å². The van der Waals surface area contributed by atoms with Crippen LogP contribution in [0.5, 0.6) is 0 Å². The summed E-state index contributed by atoms with van der Waals surface area (Å²) in [5.74, 6) is -0.290. The fraction of sp³-hybridized carbons (Fsp3) is 0.0833. The van der Waals surface area contributed by atoms with Gasteiger partial charge in [0.25, 0.3) is 5.91 Å². The summed E-state index contributed by atoms with van der Waals surface area (Å²) in [7, 11) is 1.62. The monoisotopic (exact) mass is 371 g/mol. The van der Waals surface area contributed by atoms with Gasteiger partial charge in [-0.3, -0.25) is 9.48 Å². The third-order valence-electron chi connectivity index (χ3n) is 2.75. The quantitative estimate of drug-likeness (QED) is 0.332. The Bertz CT molecular complexity index is 728. The number of halogens is 2. The molecule has 0 radical (unpaired) electrons. The predicted molar refractivity (Wildman–Crippen MR) is 82.8 cm³/mol. The zero-order chi connectivity index (χ0) is 15.6. The first-order chi connectivity index (χ1) is 9.95. The second-order valence-electron chi connectivity index (χ2n) is 4.07. The van der Waals surface area contributed by atoms with Crippen LogP contribution in [-0.2, 0) is 7.05 Å². The van der Waals surface area contributed by atoms with Crippen molar-refractivity contribution in [2.45, 2.75) is 0 Å². The van der Waals surface area contributed by atoms with E-state index in [1.54, 1.807) is 25.2 Å². The third-order valence-corrected chi connectivity index (χ3v) is 4.05. The lowest BCUT2D eigenvalue weighted by molar-refractivity contribution is 0.102. The SMILES string of the molecule is Cn1ncc(/C(N)=N/O)c1NC(=O)c1cccc(Br)c1Cl. The Morgan fingerprint density at radius 2 is 2.24 bits per heavy atom. The van der Waals surface area contributed by atoms with Crippen LogP contribution in [0.4, 0.5) is 5.82 Å². The highest BCUT2D eigenvalue weighted by molar-refractivity contribution is 9.10. The van der Waals surface area contributed by atoms with Gasteiger partial charge in [0, 0.05) is 11.5 Å². The second kappa shape index (κ2) is 6.15. The topological polar surface area (TPSA) is 106 Å². The van der Waals surface area contributed by atoms with Crippen LogP contribution in [-0.4, -0.2) is 26.7 Å². The molecule has 21 heavy (non-hydrogen) atoms. The summed E-state index contributed by atoms with van der Waals surface area (Å²) in [6, 6.07) is 5.01. The van der Waals surface area contributed by atoms with Gasteiger partial charge in [0.15, 0.2) is 5.84 Å². The third kappa shape index (κ3) is 3.01. The van der Waals surface area contributed by atoms with Crippen molar-refractivity contribution in [3.63, 3.8) is 0 Å². The standard InChI is InChI=1S/C12H11BrClN5O2/c1-19-11(7(5-16-19)10(15)18-21)17-12(20)6-3-2-4-8(13)9(6)14/h2-5,21H,1H3,(H2,15,18)(H,17,20). The Kier molecular flexibility index (Phi) is 4.49. The first kappa shape index (κ1) is 15.3. The summed E-state index contributed by atoms with van der Waals surface area (Å²) in [5.41, 5.74) is 6.13. The maximum absolute atomic E-state index is 12.3. The lowest BCUT2D eigenvalue weighted by Gasteiger charge is -2.09. The molecule has 0 saturated carbocycles. The van der Waals surface area contributed by atoms with E-state index in [1.165, 1.54) is 10.9 Å². The Morgan fingerprint density at radius 3 is 2.90 bits per heavy atom. The van der Waals surface area contributed by atoms with Crippen LogP contribution in [0.2, 0.25) is 5.02 Å². The summed E-state index contributed by atoms with van der Waals surface area (Å²) in [6.45, 7) is 0. The molecular formula is C12H11BrClN5O2. The van der Waals surface area contributed by atoms with E-state index in [1.807, 2.05) is 0 Å². The average molecular weight is 373 g/mol. The van der Waals surface area contributed by atoms with E-state index < -0.39 is 5.91 Å². The minimum absolute atomic E-state index is 0.154. The van der Waals surface area contributed by atoms with Crippen LogP contribution in [0, 0.1) is 0 Å². The molecule has 2 rings (SSSR count). The van der Waals surface area contributed by atoms with Gasteiger partial charge in [0.2, 0.25) is 0 Å². The van der Waals surface area contributed by atoms with Gasteiger partial charge in [-0.05, 0) is 28.1 Å². The van der Waals surface area contributed by atoms with Crippen LogP contribution >= 0.6 is 27.5 Å². The van der Waals surface area contributed by atoms with Crippen molar-refractivity contribution in [1.29, 1.82) is 0 Å². The number of aryl methyl sites for hydroxylation is 1. The van der Waals surface area contributed by atoms with E-state index in [-0.39, 0.29) is 11.4 Å². The van der Waals surface area contributed by atoms with Crippen molar-refractivity contribution in [2.75, 3.05) is 5.32 Å². The first-order valence-corrected chi connectivity index (χ1v) is 6.88. The number of aromatic nitrogens is 2. The maximum Gasteiger partial charge on any atom is 0.258 e. The van der Waals surface area contributed by atoms with Crippen molar-refractivity contribution in [2.24, 2.45) is 17.9 Å². The average Bonchev–Trinajstić information content (AvgIpc) is 2.82. The summed E-state index contributed by atoms with van der Waals surface area (Å²) in [4.78, 5) is 12.3. The lowest BCUT2D eigenvalue weighted by atomic mass is 10.2. The number of hydrogen-bond acceptors (Lipinski definition) is 4. The van der Waals surface area contributed by atoms with E-state index in [4.69, 9.17) is 22.5 Å². The van der Waals surface area contributed by atoms with E-state index in [0.717, 1.165) is 0 Å². The number of hydrogen-bond donors (Lipinski definition) is 3. The number of anilines is 1. The number of oxime groups is 1. The molecule has 110 valence electrons. The summed E-state index contributed by atoms with van der Waals surface area (Å²) < 4.78 is 2.01. The molecule has 0 aliphatic rings. The van der Waals surface area contributed by atoms with Crippen molar-refractivity contribution in [3.8, 4) is 0 Å². The number of benzene rings is 1. The molecule has 7 nitrogen and oxygen atoms in total. The number of carbonyl (C=O) groups is 1. The van der Waals surface area contributed by atoms with Gasteiger partial charge in [-0.1, -0.05) is 22.8 Å². The van der Waals surface area contributed by atoms with Gasteiger partial charge in [0.05, 0.1) is 22.3 Å². The van der Waals surface area contributed by atoms with Gasteiger partial charge in [0.1, 0.15) is 5.82 Å². The Hall–Kier alpha value is -2.06. The smallest absolute Gasteiger partial charge is 0.258 e. The number of amides is 1. The van der Waals surface area contributed by atoms with E-state index >= 15 is 0 Å². The molecule has 0 unspecified atom stereocenters. The highest BCUT2D eigenvalue weighted by atomic mass is 79.9. The summed E-state index contributed by atoms with van der Waals surface area (Å²) in [6.07, 6.45) is 1.38. The number of nitrogens with two attached hydrogens (primary N) is 1. The van der Waals surface area contributed by atoms with E-state index in [2.05, 4.69) is 31.5 Å². The molecule has 0 saturated heterocycles. The van der Waals surface area contributed by atoms with Gasteiger partial charge < -0.3 is 16.3 Å². The van der Waals surface area contributed by atoms with Crippen LogP contribution in [0.1, 0.15) is 15.9 Å². The molecule has 2 aromatic rings. The van der Waals surface area contributed by atoms with Crippen LogP contribution in [0.15, 0.2) is 34.0 Å². The molecule has 1 heterocycles. The molecule has 4 N–H and O–H groups in total. The molecule has 1 amide bonds. The fourth-order valence-corrected chi connectivity index (χ4v) is 2.26. The van der Waals surface area contributed by atoms with E-state index in [9.17, 15) is 4.79 Å². The Balaban J connectivity index is 2.37. The molecule has 0 spiro atoms. The predicted octanol–water partition coefficient (Wildman–Crippen LogP) is 2.18. The number of amidine groups is 1. The van der Waals surface area contributed by atoms with Crippen molar-refractivity contribution >= 4 is 45.1 Å². The zero-order valence-corrected chi connectivity index (χ0v) is 13.2. The molecule has 9 heteroatoms. The second-order valence-corrected chi connectivity index (χ2v) is 5.30. The van der Waals surface area contributed by atoms with Crippen LogP contribution < -0.4 is 11.1 Å². The molecule has 1 aromatic heterocycles. The number of nitrogens with one attached hydrogen (secondary N) is 1. The highest BCUT2D eigenvalue weighted by Crippen LogP contribution is 2.27. The summed E-state index contributed by atoms with van der Waals surface area (Å²) >= 11 is 9.33. The van der Waals surface area contributed by atoms with Gasteiger partial charge in [-0.2, -0.15) is 5.10 Å². The normalized spacial score (nSPS) is 11.5. The molecule has 0 aliphatic carbocycles. The number of nitrogens with zero attached hydrogens (tertiary/aromatic N) is 3. The van der Waals surface area contributed by atoms with Crippen LogP contribution in [0.3, 0.4) is 0 Å². The minimum Gasteiger partial charge on any atom is -0.409 e. The first-order valence-electron chi connectivity index (χ1n) is 5.71. The number of carbonyl (C=O) groups excluding carboxylic acids is 1. The zero-order valence-electron chi connectivity index (χ0n) is 10.8. The number of rotatable bonds is 3. The minimum atomic E-state index is -0.433. The van der Waals surface area contributed by atoms with Crippen molar-refractivity contribution < 1.29 is 10.0 Å². The largest absolute Gasteiger partial charge is 0.409 e. The van der Waals surface area contributed by atoms with Crippen molar-refractivity contribution in [1.82, 2.24) is 9.78 Å². The lowest BCUT2D eigenvalue weighted by Crippen LogP contribution is -2.20. The highest BCUT2D eigenvalue weighted by Gasteiger charge is 2.18. The molecule has 0 aliphatic heterocycles. The van der Waals surface area contributed by atoms with Gasteiger partial charge in [-0.15, -0.1) is 0 Å². The molecule has 0 bridgehead atoms. The van der Waals surface area contributed by atoms with Gasteiger partial charge >= 0.3 is 0 Å².